The molecule has 0 saturated carbocycles. The Balaban J connectivity index is 1.56. The van der Waals surface area contributed by atoms with E-state index in [9.17, 15) is 9.59 Å². The second-order valence-electron chi connectivity index (χ2n) is 7.58. The minimum Gasteiger partial charge on any atom is -0.472 e. The Hall–Kier alpha value is -2.56. The summed E-state index contributed by atoms with van der Waals surface area (Å²) in [5, 5.41) is 0. The molecule has 1 atom stereocenters. The standard InChI is InChI=1S/C21H24N2O3/c1-15(2)23-18(16-6-4-3-5-7-16)21(20(23)25)9-11-22(12-10-21)19(24)17-8-13-26-14-17/h3-8,13-15,18H,9-12H2,1-2H3. The number of β-lactam (4-membered cyclic amide) rings is 1. The molecule has 0 aliphatic carbocycles. The molecule has 1 spiro atoms. The van der Waals surface area contributed by atoms with Gasteiger partial charge < -0.3 is 14.2 Å². The van der Waals surface area contributed by atoms with Crippen LogP contribution in [0.5, 0.6) is 0 Å². The third-order valence-electron chi connectivity index (χ3n) is 5.84. The zero-order valence-electron chi connectivity index (χ0n) is 15.2. The zero-order valence-corrected chi connectivity index (χ0v) is 15.2. The highest BCUT2D eigenvalue weighted by Gasteiger charge is 2.62. The molecule has 0 bridgehead atoms. The molecular weight excluding hydrogens is 328 g/mol. The van der Waals surface area contributed by atoms with Crippen LogP contribution in [0.15, 0.2) is 53.3 Å². The first kappa shape index (κ1) is 16.9. The number of nitrogens with zero attached hydrogens (tertiary/aromatic N) is 2. The van der Waals surface area contributed by atoms with Crippen molar-refractivity contribution in [3.63, 3.8) is 0 Å². The van der Waals surface area contributed by atoms with Gasteiger partial charge in [-0.2, -0.15) is 0 Å². The molecule has 0 radical (unpaired) electrons. The molecule has 1 aromatic heterocycles. The number of likely N-dealkylation sites (tertiary alicyclic amines) is 2. The highest BCUT2D eigenvalue weighted by Crippen LogP contribution is 2.56. The fraction of sp³-hybridized carbons (Fsp3) is 0.429. The maximum absolute atomic E-state index is 13.1. The summed E-state index contributed by atoms with van der Waals surface area (Å²) in [5.74, 6) is 0.217. The maximum atomic E-state index is 13.1. The summed E-state index contributed by atoms with van der Waals surface area (Å²) in [7, 11) is 0. The smallest absolute Gasteiger partial charge is 0.257 e. The van der Waals surface area contributed by atoms with Crippen LogP contribution in [-0.4, -0.2) is 40.7 Å². The van der Waals surface area contributed by atoms with Gasteiger partial charge in [-0.05, 0) is 38.3 Å². The molecule has 2 saturated heterocycles. The van der Waals surface area contributed by atoms with Crippen molar-refractivity contribution in [1.29, 1.82) is 0 Å². The summed E-state index contributed by atoms with van der Waals surface area (Å²) in [5.41, 5.74) is 1.39. The number of piperidine rings is 1. The monoisotopic (exact) mass is 352 g/mol. The van der Waals surface area contributed by atoms with E-state index in [-0.39, 0.29) is 29.3 Å². The maximum Gasteiger partial charge on any atom is 0.257 e. The van der Waals surface area contributed by atoms with Crippen molar-refractivity contribution in [3.05, 3.63) is 60.1 Å². The Kier molecular flexibility index (Phi) is 4.10. The predicted octanol–water partition coefficient (Wildman–Crippen LogP) is 3.49. The third-order valence-corrected chi connectivity index (χ3v) is 5.84. The van der Waals surface area contributed by atoms with Crippen LogP contribution < -0.4 is 0 Å². The van der Waals surface area contributed by atoms with Crippen LogP contribution in [-0.2, 0) is 4.79 Å². The Morgan fingerprint density at radius 3 is 2.42 bits per heavy atom. The fourth-order valence-electron chi connectivity index (χ4n) is 4.50. The molecule has 2 aliphatic rings. The first-order valence-corrected chi connectivity index (χ1v) is 9.24. The molecule has 136 valence electrons. The number of amides is 2. The van der Waals surface area contributed by atoms with E-state index in [2.05, 4.69) is 26.0 Å². The lowest BCUT2D eigenvalue weighted by Crippen LogP contribution is -2.68. The number of furan rings is 1. The average molecular weight is 352 g/mol. The topological polar surface area (TPSA) is 53.8 Å². The van der Waals surface area contributed by atoms with Crippen LogP contribution in [0.25, 0.3) is 0 Å². The van der Waals surface area contributed by atoms with E-state index in [1.54, 1.807) is 6.07 Å². The molecule has 2 amide bonds. The van der Waals surface area contributed by atoms with E-state index in [1.165, 1.54) is 18.1 Å². The van der Waals surface area contributed by atoms with E-state index in [4.69, 9.17) is 4.42 Å². The van der Waals surface area contributed by atoms with Crippen molar-refractivity contribution in [2.45, 2.75) is 38.8 Å². The lowest BCUT2D eigenvalue weighted by molar-refractivity contribution is -0.184. The summed E-state index contributed by atoms with van der Waals surface area (Å²) in [4.78, 5) is 29.5. The summed E-state index contributed by atoms with van der Waals surface area (Å²) in [6.45, 7) is 5.34. The van der Waals surface area contributed by atoms with Crippen LogP contribution in [0.1, 0.15) is 48.7 Å². The van der Waals surface area contributed by atoms with Crippen LogP contribution >= 0.6 is 0 Å². The molecule has 2 aromatic rings. The second kappa shape index (κ2) is 6.31. The fourth-order valence-corrected chi connectivity index (χ4v) is 4.50. The summed E-state index contributed by atoms with van der Waals surface area (Å²) >= 11 is 0. The van der Waals surface area contributed by atoms with Crippen LogP contribution in [0, 0.1) is 5.41 Å². The third kappa shape index (κ3) is 2.45. The summed E-state index contributed by atoms with van der Waals surface area (Å²) in [6, 6.07) is 12.2. The second-order valence-corrected chi connectivity index (χ2v) is 7.58. The summed E-state index contributed by atoms with van der Waals surface area (Å²) < 4.78 is 5.02. The number of benzene rings is 1. The quantitative estimate of drug-likeness (QED) is 0.795. The Labute approximate surface area is 153 Å². The molecule has 1 aromatic carbocycles. The van der Waals surface area contributed by atoms with Crippen molar-refractivity contribution in [2.24, 2.45) is 5.41 Å². The van der Waals surface area contributed by atoms with Gasteiger partial charge in [0.25, 0.3) is 5.91 Å². The Bertz CT molecular complexity index is 790. The van der Waals surface area contributed by atoms with E-state index < -0.39 is 0 Å². The first-order valence-electron chi connectivity index (χ1n) is 9.24. The molecular formula is C21H24N2O3. The Morgan fingerprint density at radius 2 is 1.85 bits per heavy atom. The largest absolute Gasteiger partial charge is 0.472 e. The highest BCUT2D eigenvalue weighted by atomic mass is 16.3. The van der Waals surface area contributed by atoms with Crippen molar-refractivity contribution < 1.29 is 14.0 Å². The number of carbonyl (C=O) groups excluding carboxylic acids is 2. The van der Waals surface area contributed by atoms with E-state index in [0.29, 0.717) is 31.5 Å². The van der Waals surface area contributed by atoms with Crippen LogP contribution in [0.3, 0.4) is 0 Å². The van der Waals surface area contributed by atoms with Gasteiger partial charge in [0.15, 0.2) is 0 Å². The van der Waals surface area contributed by atoms with E-state index in [0.717, 1.165) is 0 Å². The summed E-state index contributed by atoms with van der Waals surface area (Å²) in [6.07, 6.45) is 4.41. The molecule has 26 heavy (non-hydrogen) atoms. The SMILES string of the molecule is CC(C)N1C(=O)C2(CCN(C(=O)c3ccoc3)CC2)C1c1ccccc1. The molecule has 4 rings (SSSR count). The van der Waals surface area contributed by atoms with Gasteiger partial charge in [0.05, 0.1) is 23.3 Å². The first-order chi connectivity index (χ1) is 12.5. The number of rotatable bonds is 3. The highest BCUT2D eigenvalue weighted by molar-refractivity contribution is 5.95. The van der Waals surface area contributed by atoms with Gasteiger partial charge in [0.2, 0.25) is 5.91 Å². The van der Waals surface area contributed by atoms with E-state index >= 15 is 0 Å². The molecule has 5 nitrogen and oxygen atoms in total. The number of hydrogen-bond acceptors (Lipinski definition) is 3. The van der Waals surface area contributed by atoms with Crippen molar-refractivity contribution in [1.82, 2.24) is 9.80 Å². The van der Waals surface area contributed by atoms with Crippen LogP contribution in [0.2, 0.25) is 0 Å². The normalized spacial score (nSPS) is 22.0. The van der Waals surface area contributed by atoms with Gasteiger partial charge in [0.1, 0.15) is 6.26 Å². The molecule has 3 heterocycles. The van der Waals surface area contributed by atoms with Gasteiger partial charge in [-0.1, -0.05) is 30.3 Å². The van der Waals surface area contributed by atoms with Gasteiger partial charge in [-0.15, -0.1) is 0 Å². The molecule has 1 unspecified atom stereocenters. The average Bonchev–Trinajstić information content (AvgIpc) is 3.20. The van der Waals surface area contributed by atoms with Crippen molar-refractivity contribution in [3.8, 4) is 0 Å². The van der Waals surface area contributed by atoms with E-state index in [1.807, 2.05) is 28.0 Å². The molecule has 2 fully saturated rings. The lowest BCUT2D eigenvalue weighted by Gasteiger charge is -2.60. The van der Waals surface area contributed by atoms with Gasteiger partial charge >= 0.3 is 0 Å². The van der Waals surface area contributed by atoms with Gasteiger partial charge in [0, 0.05) is 19.1 Å². The molecule has 2 aliphatic heterocycles. The lowest BCUT2D eigenvalue weighted by atomic mass is 9.61. The van der Waals surface area contributed by atoms with Gasteiger partial charge in [-0.3, -0.25) is 9.59 Å². The van der Waals surface area contributed by atoms with Gasteiger partial charge in [-0.25, -0.2) is 0 Å². The van der Waals surface area contributed by atoms with Crippen molar-refractivity contribution >= 4 is 11.8 Å². The number of hydrogen-bond donors (Lipinski definition) is 0. The minimum absolute atomic E-state index is 0.0163. The minimum atomic E-state index is -0.376. The number of carbonyl (C=O) groups is 2. The zero-order chi connectivity index (χ0) is 18.3. The van der Waals surface area contributed by atoms with Crippen LogP contribution in [0.4, 0.5) is 0 Å². The molecule has 5 heteroatoms. The predicted molar refractivity (Wildman–Crippen MR) is 97.4 cm³/mol. The Morgan fingerprint density at radius 1 is 1.15 bits per heavy atom. The molecule has 0 N–H and O–H groups in total. The van der Waals surface area contributed by atoms with Crippen molar-refractivity contribution in [2.75, 3.05) is 13.1 Å².